The number of carboxylic acid groups (broad SMARTS) is 1. The van der Waals surface area contributed by atoms with Crippen LogP contribution < -0.4 is 10.6 Å². The number of thiazole rings is 1. The van der Waals surface area contributed by atoms with Crippen LogP contribution in [0.15, 0.2) is 5.38 Å². The van der Waals surface area contributed by atoms with Gasteiger partial charge >= 0.3 is 12.0 Å². The lowest BCUT2D eigenvalue weighted by Gasteiger charge is -2.17. The summed E-state index contributed by atoms with van der Waals surface area (Å²) in [6, 6.07) is -0.129. The van der Waals surface area contributed by atoms with Crippen molar-refractivity contribution in [2.45, 2.75) is 12.8 Å². The molecule has 2 amide bonds. The van der Waals surface area contributed by atoms with E-state index in [-0.39, 0.29) is 11.7 Å². The molecule has 0 unspecified atom stereocenters. The van der Waals surface area contributed by atoms with Gasteiger partial charge in [0.2, 0.25) is 0 Å². The summed E-state index contributed by atoms with van der Waals surface area (Å²) in [5.74, 6) is -1.03. The van der Waals surface area contributed by atoms with Crippen molar-refractivity contribution in [3.63, 3.8) is 0 Å². The summed E-state index contributed by atoms with van der Waals surface area (Å²) in [6.07, 6.45) is 1.43. The molecule has 0 bridgehead atoms. The average molecular weight is 300 g/mol. The Hall–Kier alpha value is -1.67. The zero-order valence-electron chi connectivity index (χ0n) is 11.7. The third-order valence-corrected chi connectivity index (χ3v) is 3.56. The maximum atomic E-state index is 11.7. The number of amides is 2. The maximum Gasteiger partial charge on any atom is 0.355 e. The van der Waals surface area contributed by atoms with E-state index in [1.165, 1.54) is 16.7 Å². The van der Waals surface area contributed by atoms with E-state index in [2.05, 4.69) is 15.6 Å². The van der Waals surface area contributed by atoms with Gasteiger partial charge in [-0.1, -0.05) is 0 Å². The van der Waals surface area contributed by atoms with Crippen LogP contribution in [0.4, 0.5) is 4.79 Å². The van der Waals surface area contributed by atoms with Crippen LogP contribution in [0.25, 0.3) is 0 Å². The first kappa shape index (κ1) is 16.4. The molecule has 3 N–H and O–H groups in total. The van der Waals surface area contributed by atoms with E-state index in [9.17, 15) is 9.59 Å². The van der Waals surface area contributed by atoms with E-state index in [0.717, 1.165) is 13.0 Å². The summed E-state index contributed by atoms with van der Waals surface area (Å²) in [5, 5.41) is 16.8. The van der Waals surface area contributed by atoms with Crippen LogP contribution in [-0.2, 0) is 6.42 Å². The number of nitrogens with zero attached hydrogens (tertiary/aromatic N) is 2. The van der Waals surface area contributed by atoms with Gasteiger partial charge in [0.05, 0.1) is 5.01 Å². The molecule has 0 fully saturated rings. The molecule has 0 aliphatic heterocycles. The van der Waals surface area contributed by atoms with Crippen LogP contribution in [0.5, 0.6) is 0 Å². The first-order valence-electron chi connectivity index (χ1n) is 6.36. The van der Waals surface area contributed by atoms with Crippen LogP contribution >= 0.6 is 11.3 Å². The molecule has 0 radical (unpaired) electrons. The molecule has 0 aliphatic carbocycles. The van der Waals surface area contributed by atoms with Gasteiger partial charge in [-0.3, -0.25) is 0 Å². The minimum absolute atomic E-state index is 0.0560. The number of aromatic nitrogens is 1. The molecule has 7 nitrogen and oxygen atoms in total. The van der Waals surface area contributed by atoms with Crippen molar-refractivity contribution in [1.82, 2.24) is 20.5 Å². The molecule has 0 aromatic carbocycles. The van der Waals surface area contributed by atoms with Crippen molar-refractivity contribution in [2.75, 3.05) is 33.7 Å². The molecule has 0 aliphatic rings. The highest BCUT2D eigenvalue weighted by atomic mass is 32.1. The summed E-state index contributed by atoms with van der Waals surface area (Å²) in [7, 11) is 3.62. The number of hydrogen-bond donors (Lipinski definition) is 3. The molecular weight excluding hydrogens is 280 g/mol. The van der Waals surface area contributed by atoms with Gasteiger partial charge in [-0.05, 0) is 20.0 Å². The van der Waals surface area contributed by atoms with E-state index in [4.69, 9.17) is 5.11 Å². The van der Waals surface area contributed by atoms with Crippen molar-refractivity contribution in [3.05, 3.63) is 16.1 Å². The van der Waals surface area contributed by atoms with E-state index in [1.807, 2.05) is 7.05 Å². The molecule has 1 rings (SSSR count). The fraction of sp³-hybridized carbons (Fsp3) is 0.583. The van der Waals surface area contributed by atoms with Crippen LogP contribution in [0.2, 0.25) is 0 Å². The molecule has 1 aromatic rings. The molecule has 1 heterocycles. The fourth-order valence-corrected chi connectivity index (χ4v) is 2.30. The third-order valence-electron chi connectivity index (χ3n) is 2.65. The van der Waals surface area contributed by atoms with E-state index in [0.29, 0.717) is 24.5 Å². The van der Waals surface area contributed by atoms with Gasteiger partial charge < -0.3 is 20.6 Å². The van der Waals surface area contributed by atoms with E-state index >= 15 is 0 Å². The Labute approximate surface area is 122 Å². The predicted octanol–water partition coefficient (Wildman–Crippen LogP) is 0.635. The van der Waals surface area contributed by atoms with Crippen LogP contribution in [0.3, 0.4) is 0 Å². The van der Waals surface area contributed by atoms with E-state index in [1.54, 1.807) is 11.9 Å². The topological polar surface area (TPSA) is 94.6 Å². The van der Waals surface area contributed by atoms with Gasteiger partial charge in [0, 0.05) is 31.9 Å². The SMILES string of the molecule is CNCCCN(C)C(=O)NCCc1nc(C(=O)O)cs1. The molecular formula is C12H20N4O3S. The number of carbonyl (C=O) groups is 2. The van der Waals surface area contributed by atoms with Gasteiger partial charge in [-0.15, -0.1) is 11.3 Å². The minimum atomic E-state index is -1.03. The van der Waals surface area contributed by atoms with Gasteiger partial charge in [-0.25, -0.2) is 14.6 Å². The molecule has 8 heteroatoms. The lowest BCUT2D eigenvalue weighted by atomic mass is 10.4. The highest BCUT2D eigenvalue weighted by molar-refractivity contribution is 7.09. The van der Waals surface area contributed by atoms with E-state index < -0.39 is 5.97 Å². The van der Waals surface area contributed by atoms with Crippen molar-refractivity contribution >= 4 is 23.3 Å². The highest BCUT2D eigenvalue weighted by Gasteiger charge is 2.10. The summed E-state index contributed by atoms with van der Waals surface area (Å²) in [6.45, 7) is 2.00. The largest absolute Gasteiger partial charge is 0.476 e. The van der Waals surface area contributed by atoms with Gasteiger partial charge in [0.15, 0.2) is 5.69 Å². The molecule has 0 saturated carbocycles. The van der Waals surface area contributed by atoms with Crippen LogP contribution in [-0.4, -0.2) is 60.7 Å². The first-order valence-corrected chi connectivity index (χ1v) is 7.23. The van der Waals surface area contributed by atoms with Gasteiger partial charge in [0.25, 0.3) is 0 Å². The Balaban J connectivity index is 2.25. The number of nitrogens with one attached hydrogen (secondary N) is 2. The Morgan fingerprint density at radius 2 is 2.20 bits per heavy atom. The lowest BCUT2D eigenvalue weighted by Crippen LogP contribution is -2.39. The zero-order valence-corrected chi connectivity index (χ0v) is 12.5. The molecule has 1 aromatic heterocycles. The van der Waals surface area contributed by atoms with Crippen molar-refractivity contribution in [1.29, 1.82) is 0 Å². The Kier molecular flexibility index (Phi) is 6.96. The molecule has 0 spiro atoms. The third kappa shape index (κ3) is 5.54. The summed E-state index contributed by atoms with van der Waals surface area (Å²) >= 11 is 1.29. The quantitative estimate of drug-likeness (QED) is 0.612. The van der Waals surface area contributed by atoms with Crippen LogP contribution in [0, 0.1) is 0 Å². The van der Waals surface area contributed by atoms with Crippen molar-refractivity contribution in [2.24, 2.45) is 0 Å². The molecule has 20 heavy (non-hydrogen) atoms. The second-order valence-corrected chi connectivity index (χ2v) is 5.23. The Bertz CT molecular complexity index is 450. The van der Waals surface area contributed by atoms with Crippen LogP contribution in [0.1, 0.15) is 21.9 Å². The maximum absolute atomic E-state index is 11.7. The standard InChI is InChI=1S/C12H20N4O3S/c1-13-5-3-7-16(2)12(19)14-6-4-10-15-9(8-20-10)11(17)18/h8,13H,3-7H2,1-2H3,(H,14,19)(H,17,18). The van der Waals surface area contributed by atoms with Gasteiger partial charge in [-0.2, -0.15) is 0 Å². The average Bonchev–Trinajstić information content (AvgIpc) is 2.87. The zero-order chi connectivity index (χ0) is 15.0. The summed E-state index contributed by atoms with van der Waals surface area (Å²) in [5.41, 5.74) is 0.0560. The minimum Gasteiger partial charge on any atom is -0.476 e. The smallest absolute Gasteiger partial charge is 0.355 e. The second-order valence-electron chi connectivity index (χ2n) is 4.29. The number of carboxylic acids is 1. The summed E-state index contributed by atoms with van der Waals surface area (Å²) < 4.78 is 0. The number of carbonyl (C=O) groups excluding carboxylic acids is 1. The number of rotatable bonds is 8. The molecule has 0 atom stereocenters. The predicted molar refractivity (Wildman–Crippen MR) is 77.3 cm³/mol. The normalized spacial score (nSPS) is 10.3. The second kappa shape index (κ2) is 8.49. The fourth-order valence-electron chi connectivity index (χ4n) is 1.53. The Morgan fingerprint density at radius 1 is 1.45 bits per heavy atom. The summed E-state index contributed by atoms with van der Waals surface area (Å²) in [4.78, 5) is 28.0. The van der Waals surface area contributed by atoms with Gasteiger partial charge in [0.1, 0.15) is 0 Å². The molecule has 112 valence electrons. The van der Waals surface area contributed by atoms with Crippen molar-refractivity contribution < 1.29 is 14.7 Å². The lowest BCUT2D eigenvalue weighted by molar-refractivity contribution is 0.0691. The van der Waals surface area contributed by atoms with Crippen molar-refractivity contribution in [3.8, 4) is 0 Å². The number of urea groups is 1. The monoisotopic (exact) mass is 300 g/mol. The number of aromatic carboxylic acids is 1. The Morgan fingerprint density at radius 3 is 2.80 bits per heavy atom. The number of hydrogen-bond acceptors (Lipinski definition) is 5. The molecule has 0 saturated heterocycles. The first-order chi connectivity index (χ1) is 9.54. The highest BCUT2D eigenvalue weighted by Crippen LogP contribution is 2.09.